The number of anilines is 1. The van der Waals surface area contributed by atoms with Gasteiger partial charge in [-0.05, 0) is 36.6 Å². The highest BCUT2D eigenvalue weighted by atomic mass is 32.2. The molecule has 2 aromatic carbocycles. The minimum absolute atomic E-state index is 0.0787. The monoisotopic (exact) mass is 423 g/mol. The van der Waals surface area contributed by atoms with E-state index in [1.807, 2.05) is 54.8 Å². The van der Waals surface area contributed by atoms with Crippen molar-refractivity contribution in [1.82, 2.24) is 19.6 Å². The lowest BCUT2D eigenvalue weighted by Gasteiger charge is -2.10. The van der Waals surface area contributed by atoms with Crippen molar-refractivity contribution in [3.63, 3.8) is 0 Å². The number of nitrogens with zero attached hydrogens (tertiary/aromatic N) is 4. The van der Waals surface area contributed by atoms with E-state index < -0.39 is 0 Å². The van der Waals surface area contributed by atoms with Crippen LogP contribution >= 0.6 is 23.5 Å². The number of nitrogens with one attached hydrogen (secondary N) is 1. The van der Waals surface area contributed by atoms with E-state index in [1.54, 1.807) is 11.8 Å². The molecule has 1 amide bonds. The van der Waals surface area contributed by atoms with Gasteiger partial charge in [0.25, 0.3) is 0 Å². The van der Waals surface area contributed by atoms with Gasteiger partial charge in [0, 0.05) is 16.5 Å². The second-order valence-electron chi connectivity index (χ2n) is 6.85. The summed E-state index contributed by atoms with van der Waals surface area (Å²) in [4.78, 5) is 18.3. The number of thioether (sulfide) groups is 2. The molecule has 2 aromatic heterocycles. The topological polar surface area (TPSA) is 72.2 Å². The standard InChI is InChI=1S/C21H21N5OS2/c1-13(2)19-24-25-20-21(23-16-9-4-5-10-17(16)26(19)20)29-12-18(27)22-14-7-6-8-15(11-14)28-3/h4-11,13H,12H2,1-3H3,(H,22,27). The van der Waals surface area contributed by atoms with E-state index in [1.165, 1.54) is 11.8 Å². The molecule has 6 nitrogen and oxygen atoms in total. The number of hydrogen-bond acceptors (Lipinski definition) is 6. The maximum absolute atomic E-state index is 12.5. The molecule has 0 atom stereocenters. The first-order chi connectivity index (χ1) is 14.1. The maximum Gasteiger partial charge on any atom is 0.234 e. The number of rotatable bonds is 6. The second-order valence-corrected chi connectivity index (χ2v) is 8.69. The van der Waals surface area contributed by atoms with Crippen molar-refractivity contribution >= 4 is 51.8 Å². The van der Waals surface area contributed by atoms with Crippen molar-refractivity contribution in [3.8, 4) is 0 Å². The van der Waals surface area contributed by atoms with E-state index in [0.717, 1.165) is 27.4 Å². The Labute approximate surface area is 177 Å². The molecule has 0 bridgehead atoms. The van der Waals surface area contributed by atoms with Gasteiger partial charge in [0.2, 0.25) is 5.91 Å². The molecule has 0 aliphatic carbocycles. The molecule has 4 rings (SSSR count). The van der Waals surface area contributed by atoms with Gasteiger partial charge in [-0.3, -0.25) is 9.20 Å². The highest BCUT2D eigenvalue weighted by Crippen LogP contribution is 2.28. The maximum atomic E-state index is 12.5. The van der Waals surface area contributed by atoms with Crippen molar-refractivity contribution in [3.05, 3.63) is 54.4 Å². The van der Waals surface area contributed by atoms with Gasteiger partial charge in [0.15, 0.2) is 5.65 Å². The second kappa shape index (κ2) is 8.42. The molecule has 0 aliphatic heterocycles. The molecular formula is C21H21N5OS2. The van der Waals surface area contributed by atoms with Crippen LogP contribution in [0.25, 0.3) is 16.7 Å². The Balaban J connectivity index is 1.61. The largest absolute Gasteiger partial charge is 0.325 e. The van der Waals surface area contributed by atoms with Gasteiger partial charge >= 0.3 is 0 Å². The Morgan fingerprint density at radius 3 is 2.76 bits per heavy atom. The molecule has 2 heterocycles. The van der Waals surface area contributed by atoms with Gasteiger partial charge in [0.05, 0.1) is 16.8 Å². The van der Waals surface area contributed by atoms with E-state index in [0.29, 0.717) is 10.7 Å². The number of para-hydroxylation sites is 2. The molecule has 29 heavy (non-hydrogen) atoms. The lowest BCUT2D eigenvalue weighted by Crippen LogP contribution is -2.14. The zero-order chi connectivity index (χ0) is 20.4. The Kier molecular flexibility index (Phi) is 5.73. The minimum atomic E-state index is -0.0787. The molecule has 0 saturated heterocycles. The van der Waals surface area contributed by atoms with Crippen molar-refractivity contribution in [2.24, 2.45) is 0 Å². The minimum Gasteiger partial charge on any atom is -0.325 e. The zero-order valence-corrected chi connectivity index (χ0v) is 18.0. The van der Waals surface area contributed by atoms with Crippen molar-refractivity contribution in [1.29, 1.82) is 0 Å². The molecule has 148 valence electrons. The van der Waals surface area contributed by atoms with Crippen LogP contribution in [0.15, 0.2) is 58.5 Å². The van der Waals surface area contributed by atoms with Crippen molar-refractivity contribution in [2.45, 2.75) is 29.7 Å². The molecule has 0 unspecified atom stereocenters. The third-order valence-corrected chi connectivity index (χ3v) is 6.11. The molecule has 0 radical (unpaired) electrons. The van der Waals surface area contributed by atoms with Crippen LogP contribution in [0.3, 0.4) is 0 Å². The Morgan fingerprint density at radius 1 is 1.14 bits per heavy atom. The number of amides is 1. The third kappa shape index (κ3) is 4.09. The number of hydrogen-bond donors (Lipinski definition) is 1. The molecule has 0 aliphatic rings. The van der Waals surface area contributed by atoms with Gasteiger partial charge in [-0.1, -0.05) is 43.8 Å². The summed E-state index contributed by atoms with van der Waals surface area (Å²) in [5.74, 6) is 1.28. The summed E-state index contributed by atoms with van der Waals surface area (Å²) in [6.07, 6.45) is 2.01. The van der Waals surface area contributed by atoms with Gasteiger partial charge in [-0.2, -0.15) is 0 Å². The van der Waals surface area contributed by atoms with E-state index in [9.17, 15) is 4.79 Å². The Morgan fingerprint density at radius 2 is 1.97 bits per heavy atom. The van der Waals surface area contributed by atoms with Crippen LogP contribution in [0, 0.1) is 0 Å². The summed E-state index contributed by atoms with van der Waals surface area (Å²) in [6.45, 7) is 4.18. The lowest BCUT2D eigenvalue weighted by molar-refractivity contribution is -0.113. The fourth-order valence-electron chi connectivity index (χ4n) is 3.08. The van der Waals surface area contributed by atoms with Gasteiger partial charge in [-0.25, -0.2) is 4.98 Å². The van der Waals surface area contributed by atoms with Crippen molar-refractivity contribution in [2.75, 3.05) is 17.3 Å². The van der Waals surface area contributed by atoms with E-state index in [2.05, 4.69) is 33.8 Å². The van der Waals surface area contributed by atoms with Gasteiger partial charge < -0.3 is 5.32 Å². The van der Waals surface area contributed by atoms with Crippen LogP contribution in [0.1, 0.15) is 25.6 Å². The van der Waals surface area contributed by atoms with E-state index >= 15 is 0 Å². The van der Waals surface area contributed by atoms with Crippen molar-refractivity contribution < 1.29 is 4.79 Å². The average Bonchev–Trinajstić information content (AvgIpc) is 3.18. The zero-order valence-electron chi connectivity index (χ0n) is 16.4. The van der Waals surface area contributed by atoms with Crippen LogP contribution in [0.5, 0.6) is 0 Å². The van der Waals surface area contributed by atoms with Crippen LogP contribution in [0.2, 0.25) is 0 Å². The molecular weight excluding hydrogens is 402 g/mol. The SMILES string of the molecule is CSc1cccc(NC(=O)CSc2nc3ccccc3n3c(C(C)C)nnc23)c1. The fourth-order valence-corrected chi connectivity index (χ4v) is 4.31. The summed E-state index contributed by atoms with van der Waals surface area (Å²) in [5, 5.41) is 12.4. The predicted octanol–water partition coefficient (Wildman–Crippen LogP) is 4.85. The van der Waals surface area contributed by atoms with Gasteiger partial charge in [-0.15, -0.1) is 22.0 Å². The summed E-state index contributed by atoms with van der Waals surface area (Å²) in [7, 11) is 0. The van der Waals surface area contributed by atoms with Crippen LogP contribution < -0.4 is 5.32 Å². The smallest absolute Gasteiger partial charge is 0.234 e. The molecule has 0 fully saturated rings. The van der Waals surface area contributed by atoms with E-state index in [4.69, 9.17) is 4.98 Å². The molecule has 1 N–H and O–H groups in total. The summed E-state index contributed by atoms with van der Waals surface area (Å²) >= 11 is 3.02. The molecule has 0 saturated carbocycles. The number of carbonyl (C=O) groups excluding carboxylic acids is 1. The molecule has 8 heteroatoms. The first-order valence-electron chi connectivity index (χ1n) is 9.27. The van der Waals surface area contributed by atoms with Gasteiger partial charge in [0.1, 0.15) is 10.9 Å². The molecule has 4 aromatic rings. The summed E-state index contributed by atoms with van der Waals surface area (Å²) in [5.41, 5.74) is 3.31. The quantitative estimate of drug-likeness (QED) is 0.447. The number of fused-ring (bicyclic) bond motifs is 3. The summed E-state index contributed by atoms with van der Waals surface area (Å²) in [6, 6.07) is 15.7. The highest BCUT2D eigenvalue weighted by molar-refractivity contribution is 8.00. The molecule has 0 spiro atoms. The number of aromatic nitrogens is 4. The first-order valence-corrected chi connectivity index (χ1v) is 11.5. The normalized spacial score (nSPS) is 11.4. The highest BCUT2D eigenvalue weighted by Gasteiger charge is 2.18. The fraction of sp³-hybridized carbons (Fsp3) is 0.238. The average molecular weight is 424 g/mol. The van der Waals surface area contributed by atoms with Crippen LogP contribution in [-0.4, -0.2) is 37.5 Å². The number of benzene rings is 2. The van der Waals surface area contributed by atoms with Crippen LogP contribution in [-0.2, 0) is 4.79 Å². The Bertz CT molecular complexity index is 1190. The lowest BCUT2D eigenvalue weighted by atomic mass is 10.2. The first kappa shape index (κ1) is 19.7. The van der Waals surface area contributed by atoms with Crippen LogP contribution in [0.4, 0.5) is 5.69 Å². The van der Waals surface area contributed by atoms with E-state index in [-0.39, 0.29) is 17.6 Å². The summed E-state index contributed by atoms with van der Waals surface area (Å²) < 4.78 is 2.05. The predicted molar refractivity (Wildman–Crippen MR) is 120 cm³/mol. The third-order valence-electron chi connectivity index (χ3n) is 4.43. The number of carbonyl (C=O) groups is 1. The Hall–Kier alpha value is -2.58.